The Balaban J connectivity index is 2.27. The van der Waals surface area contributed by atoms with Gasteiger partial charge in [-0.2, -0.15) is 0 Å². The Morgan fingerprint density at radius 2 is 2.28 bits per heavy atom. The second-order valence-corrected chi connectivity index (χ2v) is 4.84. The summed E-state index contributed by atoms with van der Waals surface area (Å²) < 4.78 is 0. The van der Waals surface area contributed by atoms with Crippen LogP contribution in [-0.4, -0.2) is 35.0 Å². The van der Waals surface area contributed by atoms with Crippen LogP contribution in [-0.2, 0) is 4.79 Å². The molecule has 2 heterocycles. The third kappa shape index (κ3) is 2.44. The fourth-order valence-electron chi connectivity index (χ4n) is 2.25. The van der Waals surface area contributed by atoms with E-state index in [4.69, 9.17) is 0 Å². The molecule has 1 amide bonds. The average molecular weight is 248 g/mol. The van der Waals surface area contributed by atoms with Gasteiger partial charge >= 0.3 is 0 Å². The van der Waals surface area contributed by atoms with Crippen LogP contribution >= 0.6 is 0 Å². The van der Waals surface area contributed by atoms with Gasteiger partial charge in [-0.25, -0.2) is 9.97 Å². The number of nitrogens with one attached hydrogen (secondary N) is 1. The van der Waals surface area contributed by atoms with Gasteiger partial charge in [-0.05, 0) is 19.3 Å². The van der Waals surface area contributed by atoms with E-state index >= 15 is 0 Å². The van der Waals surface area contributed by atoms with E-state index in [1.165, 1.54) is 0 Å². The van der Waals surface area contributed by atoms with E-state index in [1.54, 1.807) is 6.33 Å². The maximum atomic E-state index is 11.8. The fraction of sp³-hybridized carbons (Fsp3) is 0.615. The Bertz CT molecular complexity index is 433. The predicted octanol–water partition coefficient (Wildman–Crippen LogP) is 1.31. The molecule has 0 aromatic carbocycles. The summed E-state index contributed by atoms with van der Waals surface area (Å²) in [5.74, 6) is 1.31. The van der Waals surface area contributed by atoms with Gasteiger partial charge in [-0.3, -0.25) is 4.79 Å². The largest absolute Gasteiger partial charge is 0.354 e. The standard InChI is InChI=1S/C13H20N4O/c1-4-17(11-5-6-14-13(11)18)12-7-10(9(2)3)15-8-16-12/h7-9,11H,4-6H2,1-3H3,(H,14,18). The Morgan fingerprint density at radius 1 is 1.50 bits per heavy atom. The Kier molecular flexibility index (Phi) is 3.79. The number of carbonyl (C=O) groups is 1. The second kappa shape index (κ2) is 5.33. The number of amides is 1. The molecule has 1 atom stereocenters. The molecule has 1 aromatic heterocycles. The molecule has 1 unspecified atom stereocenters. The molecule has 5 heteroatoms. The van der Waals surface area contributed by atoms with Gasteiger partial charge < -0.3 is 10.2 Å². The highest BCUT2D eigenvalue weighted by Gasteiger charge is 2.30. The number of anilines is 1. The SMILES string of the molecule is CCN(c1cc(C(C)C)ncn1)C1CCNC1=O. The van der Waals surface area contributed by atoms with Crippen molar-refractivity contribution in [3.05, 3.63) is 18.1 Å². The van der Waals surface area contributed by atoms with Gasteiger partial charge in [0.2, 0.25) is 5.91 Å². The van der Waals surface area contributed by atoms with Crippen molar-refractivity contribution in [1.82, 2.24) is 15.3 Å². The molecule has 0 saturated carbocycles. The summed E-state index contributed by atoms with van der Waals surface area (Å²) in [7, 11) is 0. The molecule has 1 aliphatic heterocycles. The highest BCUT2D eigenvalue weighted by Crippen LogP contribution is 2.21. The lowest BCUT2D eigenvalue weighted by Gasteiger charge is -2.27. The summed E-state index contributed by atoms with van der Waals surface area (Å²) in [6, 6.07) is 1.89. The van der Waals surface area contributed by atoms with Gasteiger partial charge in [-0.15, -0.1) is 0 Å². The van der Waals surface area contributed by atoms with Gasteiger partial charge in [0.1, 0.15) is 18.2 Å². The van der Waals surface area contributed by atoms with Crippen LogP contribution in [0.25, 0.3) is 0 Å². The molecule has 1 fully saturated rings. The first-order valence-corrected chi connectivity index (χ1v) is 6.49. The third-order valence-corrected chi connectivity index (χ3v) is 3.30. The highest BCUT2D eigenvalue weighted by molar-refractivity contribution is 5.86. The highest BCUT2D eigenvalue weighted by atomic mass is 16.2. The average Bonchev–Trinajstić information content (AvgIpc) is 2.77. The lowest BCUT2D eigenvalue weighted by Crippen LogP contribution is -2.41. The summed E-state index contributed by atoms with van der Waals surface area (Å²) in [5, 5.41) is 2.87. The molecule has 1 saturated heterocycles. The van der Waals surface area contributed by atoms with E-state index in [1.807, 2.05) is 13.0 Å². The van der Waals surface area contributed by atoms with Crippen LogP contribution in [0.5, 0.6) is 0 Å². The molecule has 1 aromatic rings. The van der Waals surface area contributed by atoms with Crippen molar-refractivity contribution >= 4 is 11.7 Å². The smallest absolute Gasteiger partial charge is 0.242 e. The summed E-state index contributed by atoms with van der Waals surface area (Å²) in [5.41, 5.74) is 1.01. The lowest BCUT2D eigenvalue weighted by atomic mass is 10.1. The number of rotatable bonds is 4. The van der Waals surface area contributed by atoms with Crippen molar-refractivity contribution in [3.63, 3.8) is 0 Å². The number of hydrogen-bond acceptors (Lipinski definition) is 4. The first-order valence-electron chi connectivity index (χ1n) is 6.49. The zero-order chi connectivity index (χ0) is 13.1. The summed E-state index contributed by atoms with van der Waals surface area (Å²) in [6.45, 7) is 7.77. The molecule has 0 aliphatic carbocycles. The topological polar surface area (TPSA) is 58.1 Å². The van der Waals surface area contributed by atoms with E-state index < -0.39 is 0 Å². The molecule has 1 N–H and O–H groups in total. The summed E-state index contributed by atoms with van der Waals surface area (Å²) in [6.07, 6.45) is 2.42. The molecule has 1 aliphatic rings. The summed E-state index contributed by atoms with van der Waals surface area (Å²) in [4.78, 5) is 22.4. The lowest BCUT2D eigenvalue weighted by molar-refractivity contribution is -0.120. The van der Waals surface area contributed by atoms with Crippen molar-refractivity contribution in [2.45, 2.75) is 39.2 Å². The van der Waals surface area contributed by atoms with Crippen LogP contribution in [0, 0.1) is 0 Å². The minimum absolute atomic E-state index is 0.0927. The third-order valence-electron chi connectivity index (χ3n) is 3.30. The maximum absolute atomic E-state index is 11.8. The van der Waals surface area contributed by atoms with E-state index in [-0.39, 0.29) is 11.9 Å². The van der Waals surface area contributed by atoms with Gasteiger partial charge in [-0.1, -0.05) is 13.8 Å². The molecular formula is C13H20N4O. The fourth-order valence-corrected chi connectivity index (χ4v) is 2.25. The van der Waals surface area contributed by atoms with E-state index in [2.05, 4.69) is 34.0 Å². The molecule has 98 valence electrons. The molecule has 0 bridgehead atoms. The van der Waals surface area contributed by atoms with E-state index in [0.29, 0.717) is 5.92 Å². The first-order chi connectivity index (χ1) is 8.63. The van der Waals surface area contributed by atoms with Crippen LogP contribution in [0.2, 0.25) is 0 Å². The molecular weight excluding hydrogens is 228 g/mol. The number of likely N-dealkylation sites (N-methyl/N-ethyl adjacent to an activating group) is 1. The Morgan fingerprint density at radius 3 is 2.83 bits per heavy atom. The van der Waals surface area contributed by atoms with Crippen molar-refractivity contribution < 1.29 is 4.79 Å². The zero-order valence-electron chi connectivity index (χ0n) is 11.2. The molecule has 2 rings (SSSR count). The second-order valence-electron chi connectivity index (χ2n) is 4.84. The van der Waals surface area contributed by atoms with Gasteiger partial charge in [0.25, 0.3) is 0 Å². The van der Waals surface area contributed by atoms with Crippen LogP contribution in [0.4, 0.5) is 5.82 Å². The van der Waals surface area contributed by atoms with Gasteiger partial charge in [0.05, 0.1) is 0 Å². The zero-order valence-corrected chi connectivity index (χ0v) is 11.2. The van der Waals surface area contributed by atoms with Crippen LogP contribution in [0.1, 0.15) is 38.8 Å². The van der Waals surface area contributed by atoms with E-state index in [0.717, 1.165) is 31.0 Å². The molecule has 5 nitrogen and oxygen atoms in total. The van der Waals surface area contributed by atoms with Crippen LogP contribution in [0.3, 0.4) is 0 Å². The van der Waals surface area contributed by atoms with Gasteiger partial charge in [0.15, 0.2) is 0 Å². The number of carbonyl (C=O) groups excluding carboxylic acids is 1. The minimum Gasteiger partial charge on any atom is -0.354 e. The Hall–Kier alpha value is -1.65. The van der Waals surface area contributed by atoms with Crippen molar-refractivity contribution in [3.8, 4) is 0 Å². The quantitative estimate of drug-likeness (QED) is 0.873. The number of aromatic nitrogens is 2. The van der Waals surface area contributed by atoms with Crippen LogP contribution in [0.15, 0.2) is 12.4 Å². The Labute approximate surface area is 108 Å². The number of nitrogens with zero attached hydrogens (tertiary/aromatic N) is 3. The minimum atomic E-state index is -0.0927. The monoisotopic (exact) mass is 248 g/mol. The first kappa shape index (κ1) is 12.8. The molecule has 0 radical (unpaired) electrons. The normalized spacial score (nSPS) is 19.1. The van der Waals surface area contributed by atoms with Crippen molar-refractivity contribution in [1.29, 1.82) is 0 Å². The molecule has 18 heavy (non-hydrogen) atoms. The van der Waals surface area contributed by atoms with E-state index in [9.17, 15) is 4.79 Å². The summed E-state index contributed by atoms with van der Waals surface area (Å²) >= 11 is 0. The van der Waals surface area contributed by atoms with Crippen LogP contribution < -0.4 is 10.2 Å². The maximum Gasteiger partial charge on any atom is 0.242 e. The molecule has 0 spiro atoms. The van der Waals surface area contributed by atoms with Gasteiger partial charge in [0, 0.05) is 24.8 Å². The van der Waals surface area contributed by atoms with Crippen molar-refractivity contribution in [2.24, 2.45) is 0 Å². The van der Waals surface area contributed by atoms with Crippen molar-refractivity contribution in [2.75, 3.05) is 18.0 Å². The predicted molar refractivity (Wildman–Crippen MR) is 70.6 cm³/mol. The number of hydrogen-bond donors (Lipinski definition) is 1.